The van der Waals surface area contributed by atoms with Crippen LogP contribution in [0.4, 0.5) is 0 Å². The lowest BCUT2D eigenvalue weighted by atomic mass is 10.0. The summed E-state index contributed by atoms with van der Waals surface area (Å²) in [4.78, 5) is 13.2. The molecule has 1 atom stereocenters. The summed E-state index contributed by atoms with van der Waals surface area (Å²) in [7, 11) is 3.74. The molecule has 0 aliphatic rings. The van der Waals surface area contributed by atoms with Gasteiger partial charge in [0.1, 0.15) is 24.4 Å². The van der Waals surface area contributed by atoms with Gasteiger partial charge in [-0.3, -0.25) is 0 Å². The highest BCUT2D eigenvalue weighted by Gasteiger charge is 2.13. The van der Waals surface area contributed by atoms with Gasteiger partial charge in [-0.2, -0.15) is 0 Å². The second-order valence-electron chi connectivity index (χ2n) is 6.69. The van der Waals surface area contributed by atoms with E-state index < -0.39 is 0 Å². The molecule has 0 aliphatic heterocycles. The van der Waals surface area contributed by atoms with Gasteiger partial charge in [0.15, 0.2) is 0 Å². The Labute approximate surface area is 147 Å². The van der Waals surface area contributed by atoms with Crippen LogP contribution in [0.2, 0.25) is 0 Å². The standard InChI is InChI=1S/C21H23NO3/c1-14-5-6-16(15(2)9-14)12-22(3)13-17-10-21(23)25-20-11-18(24-4)7-8-19(17)20/h5-11H,12-13H2,1-4H3/p+1. The molecule has 1 aromatic heterocycles. The van der Waals surface area contributed by atoms with Gasteiger partial charge in [0.2, 0.25) is 0 Å². The predicted octanol–water partition coefficient (Wildman–Crippen LogP) is 2.63. The van der Waals surface area contributed by atoms with E-state index in [1.54, 1.807) is 19.2 Å². The zero-order chi connectivity index (χ0) is 18.0. The summed E-state index contributed by atoms with van der Waals surface area (Å²) in [5.41, 5.74) is 5.16. The number of aryl methyl sites for hydroxylation is 2. The van der Waals surface area contributed by atoms with Gasteiger partial charge in [-0.25, -0.2) is 4.79 Å². The van der Waals surface area contributed by atoms with Crippen LogP contribution in [-0.4, -0.2) is 14.2 Å². The van der Waals surface area contributed by atoms with Crippen LogP contribution in [0.25, 0.3) is 11.0 Å². The summed E-state index contributed by atoms with van der Waals surface area (Å²) in [6.07, 6.45) is 0. The smallest absolute Gasteiger partial charge is 0.336 e. The van der Waals surface area contributed by atoms with Crippen molar-refractivity contribution in [3.05, 3.63) is 75.1 Å². The molecule has 0 saturated heterocycles. The number of hydrogen-bond acceptors (Lipinski definition) is 3. The lowest BCUT2D eigenvalue weighted by Crippen LogP contribution is -3.06. The monoisotopic (exact) mass is 338 g/mol. The van der Waals surface area contributed by atoms with E-state index in [0.29, 0.717) is 11.3 Å². The highest BCUT2D eigenvalue weighted by atomic mass is 16.5. The molecule has 0 amide bonds. The second-order valence-corrected chi connectivity index (χ2v) is 6.69. The molecule has 3 rings (SSSR count). The third kappa shape index (κ3) is 3.91. The summed E-state index contributed by atoms with van der Waals surface area (Å²) in [5.74, 6) is 0.684. The number of rotatable bonds is 5. The minimum Gasteiger partial charge on any atom is -0.497 e. The first-order chi connectivity index (χ1) is 12.0. The highest BCUT2D eigenvalue weighted by Crippen LogP contribution is 2.22. The summed E-state index contributed by atoms with van der Waals surface area (Å²) < 4.78 is 10.5. The fraction of sp³-hybridized carbons (Fsp3) is 0.286. The van der Waals surface area contributed by atoms with Gasteiger partial charge in [-0.05, 0) is 31.5 Å². The summed E-state index contributed by atoms with van der Waals surface area (Å²) in [6, 6.07) is 13.8. The van der Waals surface area contributed by atoms with Crippen LogP contribution >= 0.6 is 0 Å². The van der Waals surface area contributed by atoms with Gasteiger partial charge in [0.25, 0.3) is 0 Å². The Kier molecular flexibility index (Phi) is 4.91. The van der Waals surface area contributed by atoms with Crippen molar-refractivity contribution in [3.63, 3.8) is 0 Å². The van der Waals surface area contributed by atoms with Crippen LogP contribution in [0.5, 0.6) is 5.75 Å². The first-order valence-electron chi connectivity index (χ1n) is 8.44. The van der Waals surface area contributed by atoms with E-state index in [2.05, 4.69) is 39.1 Å². The van der Waals surface area contributed by atoms with Gasteiger partial charge in [-0.15, -0.1) is 0 Å². The molecular formula is C21H24NO3+. The number of benzene rings is 2. The molecular weight excluding hydrogens is 314 g/mol. The van der Waals surface area contributed by atoms with Gasteiger partial charge < -0.3 is 14.1 Å². The first kappa shape index (κ1) is 17.2. The molecule has 0 radical (unpaired) electrons. The van der Waals surface area contributed by atoms with Crippen LogP contribution in [0.1, 0.15) is 22.3 Å². The van der Waals surface area contributed by atoms with Crippen molar-refractivity contribution < 1.29 is 14.1 Å². The molecule has 25 heavy (non-hydrogen) atoms. The average molecular weight is 338 g/mol. The first-order valence-corrected chi connectivity index (χ1v) is 8.44. The number of quaternary nitrogens is 1. The van der Waals surface area contributed by atoms with Crippen molar-refractivity contribution in [2.24, 2.45) is 0 Å². The van der Waals surface area contributed by atoms with Crippen molar-refractivity contribution in [1.82, 2.24) is 0 Å². The molecule has 1 heterocycles. The molecule has 0 bridgehead atoms. The van der Waals surface area contributed by atoms with Crippen molar-refractivity contribution >= 4 is 11.0 Å². The zero-order valence-electron chi connectivity index (χ0n) is 15.2. The van der Waals surface area contributed by atoms with Crippen molar-refractivity contribution in [3.8, 4) is 5.75 Å². The van der Waals surface area contributed by atoms with Gasteiger partial charge in [-0.1, -0.05) is 23.8 Å². The maximum Gasteiger partial charge on any atom is 0.336 e. The Morgan fingerprint density at radius 1 is 1.00 bits per heavy atom. The summed E-state index contributed by atoms with van der Waals surface area (Å²) in [6.45, 7) is 5.91. The van der Waals surface area contributed by atoms with Crippen molar-refractivity contribution in [2.45, 2.75) is 26.9 Å². The number of nitrogens with one attached hydrogen (secondary N) is 1. The SMILES string of the molecule is COc1ccc2c(C[NH+](C)Cc3ccc(C)cc3C)cc(=O)oc2c1. The van der Waals surface area contributed by atoms with E-state index in [0.717, 1.165) is 24.0 Å². The third-order valence-corrected chi connectivity index (χ3v) is 4.52. The van der Waals surface area contributed by atoms with Gasteiger partial charge >= 0.3 is 5.63 Å². The normalized spacial score (nSPS) is 12.3. The quantitative estimate of drug-likeness (QED) is 0.728. The molecule has 130 valence electrons. The lowest BCUT2D eigenvalue weighted by molar-refractivity contribution is -0.907. The van der Waals surface area contributed by atoms with Crippen LogP contribution in [0.15, 0.2) is 51.7 Å². The van der Waals surface area contributed by atoms with Crippen LogP contribution in [0, 0.1) is 13.8 Å². The Bertz CT molecular complexity index is 959. The summed E-state index contributed by atoms with van der Waals surface area (Å²) in [5, 5.41) is 0.959. The Morgan fingerprint density at radius 2 is 1.76 bits per heavy atom. The number of fused-ring (bicyclic) bond motifs is 1. The van der Waals surface area contributed by atoms with Gasteiger partial charge in [0, 0.05) is 28.6 Å². The maximum atomic E-state index is 11.9. The van der Waals surface area contributed by atoms with Gasteiger partial charge in [0.05, 0.1) is 14.2 Å². The highest BCUT2D eigenvalue weighted by molar-refractivity contribution is 5.81. The minimum atomic E-state index is -0.324. The molecule has 4 nitrogen and oxygen atoms in total. The number of ether oxygens (including phenoxy) is 1. The molecule has 0 aliphatic carbocycles. The summed E-state index contributed by atoms with van der Waals surface area (Å²) >= 11 is 0. The van der Waals surface area contributed by atoms with Crippen molar-refractivity contribution in [2.75, 3.05) is 14.2 Å². The molecule has 0 saturated carbocycles. The van der Waals surface area contributed by atoms with Crippen LogP contribution < -0.4 is 15.3 Å². The predicted molar refractivity (Wildman–Crippen MR) is 99.2 cm³/mol. The third-order valence-electron chi connectivity index (χ3n) is 4.52. The molecule has 1 unspecified atom stereocenters. The van der Waals surface area contributed by atoms with Crippen molar-refractivity contribution in [1.29, 1.82) is 0 Å². The molecule has 0 fully saturated rings. The largest absolute Gasteiger partial charge is 0.497 e. The Morgan fingerprint density at radius 3 is 2.48 bits per heavy atom. The zero-order valence-corrected chi connectivity index (χ0v) is 15.2. The maximum absolute atomic E-state index is 11.9. The topological polar surface area (TPSA) is 43.9 Å². The molecule has 0 spiro atoms. The number of hydrogen-bond donors (Lipinski definition) is 1. The van der Waals surface area contributed by atoms with E-state index in [1.165, 1.54) is 21.6 Å². The molecule has 3 aromatic rings. The average Bonchev–Trinajstić information content (AvgIpc) is 2.56. The van der Waals surface area contributed by atoms with Crippen LogP contribution in [-0.2, 0) is 13.1 Å². The lowest BCUT2D eigenvalue weighted by Gasteiger charge is -2.16. The Hall–Kier alpha value is -2.59. The molecule has 4 heteroatoms. The molecule has 1 N–H and O–H groups in total. The Balaban J connectivity index is 1.87. The van der Waals surface area contributed by atoms with E-state index in [1.807, 2.05) is 12.1 Å². The fourth-order valence-corrected chi connectivity index (χ4v) is 3.24. The minimum absolute atomic E-state index is 0.324. The fourth-order valence-electron chi connectivity index (χ4n) is 3.24. The second kappa shape index (κ2) is 7.11. The van der Waals surface area contributed by atoms with Crippen LogP contribution in [0.3, 0.4) is 0 Å². The number of methoxy groups -OCH3 is 1. The van der Waals surface area contributed by atoms with E-state index in [9.17, 15) is 4.79 Å². The molecule has 2 aromatic carbocycles. The van der Waals surface area contributed by atoms with E-state index in [-0.39, 0.29) is 5.63 Å². The van der Waals surface area contributed by atoms with E-state index >= 15 is 0 Å². The van der Waals surface area contributed by atoms with E-state index in [4.69, 9.17) is 9.15 Å².